The van der Waals surface area contributed by atoms with Gasteiger partial charge in [-0.3, -0.25) is 4.99 Å². The molecule has 22 heavy (non-hydrogen) atoms. The van der Waals surface area contributed by atoms with E-state index in [2.05, 4.69) is 39.1 Å². The summed E-state index contributed by atoms with van der Waals surface area (Å²) in [5.74, 6) is 2.95. The monoisotopic (exact) mass is 437 g/mol. The van der Waals surface area contributed by atoms with Crippen molar-refractivity contribution in [1.29, 1.82) is 0 Å². The summed E-state index contributed by atoms with van der Waals surface area (Å²) in [6.07, 6.45) is 6.07. The second-order valence-corrected chi connectivity index (χ2v) is 5.51. The highest BCUT2D eigenvalue weighted by Gasteiger charge is 1.96. The molecule has 3 N–H and O–H groups in total. The summed E-state index contributed by atoms with van der Waals surface area (Å²) >= 11 is 1.84. The number of thioether (sulfide) groups is 1. The van der Waals surface area contributed by atoms with Crippen LogP contribution in [0.4, 0.5) is 5.82 Å². The standard InChI is InChI=1S/C15H27N5S.HI/c1-3-16-15(20-12-13-21-2)19-11-7-6-10-18-14-8-4-5-9-17-14;/h4-5,8-9H,3,6-7,10-13H2,1-2H3,(H,17,18)(H2,16,19,20);1H. The van der Waals surface area contributed by atoms with E-state index < -0.39 is 0 Å². The van der Waals surface area contributed by atoms with Crippen LogP contribution in [0.15, 0.2) is 29.4 Å². The summed E-state index contributed by atoms with van der Waals surface area (Å²) in [6.45, 7) is 5.71. The fourth-order valence-corrected chi connectivity index (χ4v) is 2.03. The molecule has 5 nitrogen and oxygen atoms in total. The summed E-state index contributed by atoms with van der Waals surface area (Å²) in [5, 5.41) is 9.90. The molecule has 0 aliphatic heterocycles. The van der Waals surface area contributed by atoms with E-state index in [1.165, 1.54) is 0 Å². The number of aliphatic imine (C=N–C) groups is 1. The molecule has 0 saturated carbocycles. The summed E-state index contributed by atoms with van der Waals surface area (Å²) in [7, 11) is 0. The van der Waals surface area contributed by atoms with Gasteiger partial charge in [0.15, 0.2) is 5.96 Å². The molecule has 0 aromatic carbocycles. The minimum Gasteiger partial charge on any atom is -0.370 e. The van der Waals surface area contributed by atoms with E-state index in [9.17, 15) is 0 Å². The van der Waals surface area contributed by atoms with Crippen LogP contribution in [0.5, 0.6) is 0 Å². The van der Waals surface area contributed by atoms with E-state index in [0.717, 1.165) is 56.6 Å². The Balaban J connectivity index is 0.00000441. The SMILES string of the molecule is CCNC(=NCCCCNc1ccccn1)NCCSC.I. The van der Waals surface area contributed by atoms with Crippen LogP contribution in [-0.4, -0.2) is 49.1 Å². The zero-order valence-electron chi connectivity index (χ0n) is 13.5. The van der Waals surface area contributed by atoms with Crippen molar-refractivity contribution in [3.63, 3.8) is 0 Å². The third-order valence-electron chi connectivity index (χ3n) is 2.77. The maximum absolute atomic E-state index is 4.57. The van der Waals surface area contributed by atoms with Crippen molar-refractivity contribution >= 4 is 47.5 Å². The molecule has 1 rings (SSSR count). The number of nitrogens with zero attached hydrogens (tertiary/aromatic N) is 2. The van der Waals surface area contributed by atoms with Gasteiger partial charge in [-0.15, -0.1) is 24.0 Å². The number of rotatable bonds is 10. The Morgan fingerprint density at radius 1 is 1.23 bits per heavy atom. The largest absolute Gasteiger partial charge is 0.370 e. The molecular formula is C15H28IN5S. The van der Waals surface area contributed by atoms with Gasteiger partial charge in [-0.25, -0.2) is 4.98 Å². The first-order valence-corrected chi connectivity index (χ1v) is 8.92. The predicted molar refractivity (Wildman–Crippen MR) is 110 cm³/mol. The minimum atomic E-state index is 0. The minimum absolute atomic E-state index is 0. The second kappa shape index (κ2) is 15.2. The lowest BCUT2D eigenvalue weighted by atomic mass is 10.3. The molecule has 0 aliphatic rings. The van der Waals surface area contributed by atoms with Crippen molar-refractivity contribution in [2.24, 2.45) is 4.99 Å². The molecule has 1 aromatic rings. The van der Waals surface area contributed by atoms with Crippen LogP contribution in [0.2, 0.25) is 0 Å². The van der Waals surface area contributed by atoms with E-state index in [0.29, 0.717) is 0 Å². The number of nitrogens with one attached hydrogen (secondary N) is 3. The van der Waals surface area contributed by atoms with Gasteiger partial charge in [-0.1, -0.05) is 6.07 Å². The number of hydrogen-bond acceptors (Lipinski definition) is 4. The van der Waals surface area contributed by atoms with Gasteiger partial charge in [-0.2, -0.15) is 11.8 Å². The highest BCUT2D eigenvalue weighted by molar-refractivity contribution is 14.0. The van der Waals surface area contributed by atoms with Crippen molar-refractivity contribution < 1.29 is 0 Å². The Labute approximate surface area is 155 Å². The summed E-state index contributed by atoms with van der Waals surface area (Å²) in [6, 6.07) is 5.89. The molecule has 0 saturated heterocycles. The van der Waals surface area contributed by atoms with Crippen molar-refractivity contribution in [2.45, 2.75) is 19.8 Å². The first kappa shape index (κ1) is 21.3. The molecule has 0 unspecified atom stereocenters. The van der Waals surface area contributed by atoms with Crippen molar-refractivity contribution in [1.82, 2.24) is 15.6 Å². The maximum atomic E-state index is 4.57. The topological polar surface area (TPSA) is 61.3 Å². The lowest BCUT2D eigenvalue weighted by Gasteiger charge is -2.10. The van der Waals surface area contributed by atoms with Gasteiger partial charge in [0.05, 0.1) is 0 Å². The van der Waals surface area contributed by atoms with E-state index in [1.54, 1.807) is 6.20 Å². The Bertz CT molecular complexity index is 389. The third kappa shape index (κ3) is 10.9. The molecule has 7 heteroatoms. The number of unbranched alkanes of at least 4 members (excludes halogenated alkanes) is 1. The normalized spacial score (nSPS) is 10.7. The van der Waals surface area contributed by atoms with Crippen LogP contribution < -0.4 is 16.0 Å². The van der Waals surface area contributed by atoms with Gasteiger partial charge in [-0.05, 0) is 38.2 Å². The molecule has 0 radical (unpaired) electrons. The van der Waals surface area contributed by atoms with Crippen molar-refractivity contribution in [2.75, 3.05) is 43.5 Å². The van der Waals surface area contributed by atoms with Crippen molar-refractivity contribution in [3.8, 4) is 0 Å². The van der Waals surface area contributed by atoms with Gasteiger partial charge in [0.1, 0.15) is 5.82 Å². The first-order valence-electron chi connectivity index (χ1n) is 7.53. The predicted octanol–water partition coefficient (Wildman–Crippen LogP) is 2.81. The third-order valence-corrected chi connectivity index (χ3v) is 3.38. The lowest BCUT2D eigenvalue weighted by molar-refractivity contribution is 0.757. The molecule has 0 amide bonds. The highest BCUT2D eigenvalue weighted by atomic mass is 127. The van der Waals surface area contributed by atoms with E-state index in [1.807, 2.05) is 30.0 Å². The van der Waals surface area contributed by atoms with Gasteiger partial charge in [0, 0.05) is 38.1 Å². The average Bonchev–Trinajstić information content (AvgIpc) is 2.52. The Hall–Kier alpha value is -0.700. The van der Waals surface area contributed by atoms with E-state index >= 15 is 0 Å². The zero-order valence-corrected chi connectivity index (χ0v) is 16.6. The molecular weight excluding hydrogens is 409 g/mol. The molecule has 0 spiro atoms. The molecule has 126 valence electrons. The molecule has 0 aliphatic carbocycles. The fourth-order valence-electron chi connectivity index (χ4n) is 1.72. The molecule has 1 aromatic heterocycles. The zero-order chi connectivity index (χ0) is 15.2. The smallest absolute Gasteiger partial charge is 0.191 e. The fraction of sp³-hybridized carbons (Fsp3) is 0.600. The molecule has 1 heterocycles. The van der Waals surface area contributed by atoms with Crippen LogP contribution >= 0.6 is 35.7 Å². The van der Waals surface area contributed by atoms with Gasteiger partial charge >= 0.3 is 0 Å². The number of hydrogen-bond donors (Lipinski definition) is 3. The van der Waals surface area contributed by atoms with Gasteiger partial charge < -0.3 is 16.0 Å². The Morgan fingerprint density at radius 3 is 2.77 bits per heavy atom. The summed E-state index contributed by atoms with van der Waals surface area (Å²) < 4.78 is 0. The maximum Gasteiger partial charge on any atom is 0.191 e. The molecule has 0 atom stereocenters. The van der Waals surface area contributed by atoms with Crippen LogP contribution in [0.25, 0.3) is 0 Å². The second-order valence-electron chi connectivity index (χ2n) is 4.53. The highest BCUT2D eigenvalue weighted by Crippen LogP contribution is 2.00. The van der Waals surface area contributed by atoms with Crippen LogP contribution in [0, 0.1) is 0 Å². The van der Waals surface area contributed by atoms with Crippen LogP contribution in [0.1, 0.15) is 19.8 Å². The molecule has 0 fully saturated rings. The number of aromatic nitrogens is 1. The number of pyridine rings is 1. The van der Waals surface area contributed by atoms with Crippen LogP contribution in [-0.2, 0) is 0 Å². The van der Waals surface area contributed by atoms with Gasteiger partial charge in [0.25, 0.3) is 0 Å². The number of anilines is 1. The number of guanidine groups is 1. The Kier molecular flexibility index (Phi) is 14.7. The average molecular weight is 437 g/mol. The van der Waals surface area contributed by atoms with E-state index in [-0.39, 0.29) is 24.0 Å². The summed E-state index contributed by atoms with van der Waals surface area (Å²) in [5.41, 5.74) is 0. The lowest BCUT2D eigenvalue weighted by Crippen LogP contribution is -2.38. The quantitative estimate of drug-likeness (QED) is 0.228. The number of halogens is 1. The summed E-state index contributed by atoms with van der Waals surface area (Å²) in [4.78, 5) is 8.80. The van der Waals surface area contributed by atoms with E-state index in [4.69, 9.17) is 0 Å². The Morgan fingerprint density at radius 2 is 2.09 bits per heavy atom. The molecule has 0 bridgehead atoms. The van der Waals surface area contributed by atoms with Crippen molar-refractivity contribution in [3.05, 3.63) is 24.4 Å². The van der Waals surface area contributed by atoms with Crippen LogP contribution in [0.3, 0.4) is 0 Å². The first-order chi connectivity index (χ1) is 10.4. The van der Waals surface area contributed by atoms with Gasteiger partial charge in [0.2, 0.25) is 0 Å².